The molecular formula is C32H40ClNO6. The fourth-order valence-corrected chi connectivity index (χ4v) is 7.63. The molecular weight excluding hydrogens is 530 g/mol. The van der Waals surface area contributed by atoms with E-state index in [0.717, 1.165) is 74.5 Å². The van der Waals surface area contributed by atoms with E-state index in [0.29, 0.717) is 25.0 Å². The number of carbonyl (C=O) groups is 1. The minimum absolute atomic E-state index is 0.0277. The molecule has 6 atom stereocenters. The summed E-state index contributed by atoms with van der Waals surface area (Å²) in [4.78, 5) is 14.3. The molecule has 6 rings (SSSR count). The van der Waals surface area contributed by atoms with Crippen molar-refractivity contribution in [3.8, 4) is 5.75 Å². The zero-order valence-electron chi connectivity index (χ0n) is 23.2. The minimum atomic E-state index is -0.931. The molecule has 1 spiro atoms. The number of aromatic carboxylic acids is 1. The second-order valence-corrected chi connectivity index (χ2v) is 12.7. The zero-order chi connectivity index (χ0) is 27.9. The van der Waals surface area contributed by atoms with Crippen molar-refractivity contribution in [1.82, 2.24) is 0 Å². The standard InChI is InChI=1S/C32H40ClNO6/c1-20(17-35)40-25-10-12-38-30(15-25)26-7-4-23(26)16-34-18-32(11-2-3-21-13-24(33)6-8-27(21)32)19-39-29-9-5-22(31(36)37)14-28(29)34/h5-6,8-9,13-14,20,23,25-26,30,35H,2-4,7,10-12,15-19H2,1H3,(H,36,37)/t20-,23+,25-,26-,30+,32?/m1/s1. The van der Waals surface area contributed by atoms with Crippen LogP contribution in [0.1, 0.15) is 66.9 Å². The predicted octanol–water partition coefficient (Wildman–Crippen LogP) is 5.48. The molecule has 2 aliphatic heterocycles. The molecule has 2 heterocycles. The van der Waals surface area contributed by atoms with Gasteiger partial charge in [-0.3, -0.25) is 0 Å². The van der Waals surface area contributed by atoms with Crippen molar-refractivity contribution in [3.63, 3.8) is 0 Å². The highest BCUT2D eigenvalue weighted by Crippen LogP contribution is 2.47. The van der Waals surface area contributed by atoms with Gasteiger partial charge in [0.2, 0.25) is 0 Å². The van der Waals surface area contributed by atoms with Gasteiger partial charge in [-0.25, -0.2) is 4.79 Å². The second-order valence-electron chi connectivity index (χ2n) is 12.3. The van der Waals surface area contributed by atoms with Crippen molar-refractivity contribution in [2.75, 3.05) is 37.8 Å². The van der Waals surface area contributed by atoms with Crippen molar-refractivity contribution < 1.29 is 29.2 Å². The number of aliphatic hydroxyl groups excluding tert-OH is 1. The van der Waals surface area contributed by atoms with Crippen LogP contribution in [0.15, 0.2) is 36.4 Å². The van der Waals surface area contributed by atoms with Crippen LogP contribution in [-0.2, 0) is 21.3 Å². The van der Waals surface area contributed by atoms with Gasteiger partial charge in [0.05, 0.1) is 42.8 Å². The van der Waals surface area contributed by atoms with Gasteiger partial charge in [0.25, 0.3) is 0 Å². The minimum Gasteiger partial charge on any atom is -0.490 e. The summed E-state index contributed by atoms with van der Waals surface area (Å²) in [5.41, 5.74) is 3.54. The number of benzene rings is 2. The number of hydrogen-bond acceptors (Lipinski definition) is 6. The molecule has 2 fully saturated rings. The Labute approximate surface area is 241 Å². The van der Waals surface area contributed by atoms with E-state index in [4.69, 9.17) is 25.8 Å². The molecule has 1 unspecified atom stereocenters. The van der Waals surface area contributed by atoms with Crippen molar-refractivity contribution in [3.05, 3.63) is 58.1 Å². The monoisotopic (exact) mass is 569 g/mol. The first kappa shape index (κ1) is 27.8. The third kappa shape index (κ3) is 5.46. The molecule has 1 saturated heterocycles. The maximum atomic E-state index is 11.9. The number of rotatable bonds is 7. The van der Waals surface area contributed by atoms with Crippen LogP contribution >= 0.6 is 11.6 Å². The average molecular weight is 570 g/mol. The number of aryl methyl sites for hydroxylation is 1. The average Bonchev–Trinajstić information content (AvgIpc) is 3.08. The molecule has 1 saturated carbocycles. The summed E-state index contributed by atoms with van der Waals surface area (Å²) in [5, 5.41) is 20.0. The van der Waals surface area contributed by atoms with Gasteiger partial charge in [-0.15, -0.1) is 0 Å². The van der Waals surface area contributed by atoms with Crippen molar-refractivity contribution in [2.24, 2.45) is 11.8 Å². The van der Waals surface area contributed by atoms with Gasteiger partial charge in [0.15, 0.2) is 0 Å². The number of anilines is 1. The molecule has 2 N–H and O–H groups in total. The molecule has 2 aliphatic carbocycles. The Morgan fingerprint density at radius 1 is 1.23 bits per heavy atom. The van der Waals surface area contributed by atoms with Crippen LogP contribution in [0.3, 0.4) is 0 Å². The lowest BCUT2D eigenvalue weighted by Gasteiger charge is -2.48. The SMILES string of the molecule is C[C@H](CO)O[C@@H]1CCO[C@H]([C@@H]2CC[C@H]2CN2CC3(CCCc4cc(Cl)ccc43)COc3ccc(C(=O)O)cc32)C1. The largest absolute Gasteiger partial charge is 0.490 e. The maximum Gasteiger partial charge on any atom is 0.335 e. The molecule has 7 nitrogen and oxygen atoms in total. The smallest absolute Gasteiger partial charge is 0.335 e. The lowest BCUT2D eigenvalue weighted by atomic mass is 9.67. The van der Waals surface area contributed by atoms with E-state index in [2.05, 4.69) is 17.0 Å². The van der Waals surface area contributed by atoms with Crippen LogP contribution in [-0.4, -0.2) is 67.4 Å². The Balaban J connectivity index is 1.28. The van der Waals surface area contributed by atoms with Gasteiger partial charge in [-0.05, 0) is 98.7 Å². The molecule has 4 aliphatic rings. The van der Waals surface area contributed by atoms with E-state index < -0.39 is 5.97 Å². The van der Waals surface area contributed by atoms with Gasteiger partial charge >= 0.3 is 5.97 Å². The molecule has 216 valence electrons. The third-order valence-corrected chi connectivity index (χ3v) is 9.88. The van der Waals surface area contributed by atoms with Crippen LogP contribution in [0.2, 0.25) is 5.02 Å². The lowest BCUT2D eigenvalue weighted by molar-refractivity contribution is -0.134. The number of carboxylic acid groups (broad SMARTS) is 1. The van der Waals surface area contributed by atoms with E-state index in [-0.39, 0.29) is 35.9 Å². The van der Waals surface area contributed by atoms with E-state index in [1.54, 1.807) is 12.1 Å². The summed E-state index contributed by atoms with van der Waals surface area (Å²) in [7, 11) is 0. The summed E-state index contributed by atoms with van der Waals surface area (Å²) in [5.74, 6) is 0.683. The number of ether oxygens (including phenoxy) is 3. The number of carboxylic acids is 1. The predicted molar refractivity (Wildman–Crippen MR) is 154 cm³/mol. The molecule has 8 heteroatoms. The molecule has 40 heavy (non-hydrogen) atoms. The molecule has 0 amide bonds. The highest BCUT2D eigenvalue weighted by atomic mass is 35.5. The highest BCUT2D eigenvalue weighted by Gasteiger charge is 2.45. The van der Waals surface area contributed by atoms with Crippen LogP contribution < -0.4 is 9.64 Å². The van der Waals surface area contributed by atoms with E-state index in [1.807, 2.05) is 19.1 Å². The van der Waals surface area contributed by atoms with Crippen molar-refractivity contribution >= 4 is 23.3 Å². The Morgan fingerprint density at radius 3 is 2.88 bits per heavy atom. The highest BCUT2D eigenvalue weighted by molar-refractivity contribution is 6.30. The topological polar surface area (TPSA) is 88.5 Å². The van der Waals surface area contributed by atoms with Crippen molar-refractivity contribution in [1.29, 1.82) is 0 Å². The Kier molecular flexibility index (Phi) is 8.01. The maximum absolute atomic E-state index is 11.9. The van der Waals surface area contributed by atoms with Crippen LogP contribution in [0.4, 0.5) is 5.69 Å². The lowest BCUT2D eigenvalue weighted by Crippen LogP contribution is -2.51. The molecule has 0 radical (unpaired) electrons. The zero-order valence-corrected chi connectivity index (χ0v) is 23.9. The molecule has 0 bridgehead atoms. The number of nitrogens with zero attached hydrogens (tertiary/aromatic N) is 1. The van der Waals surface area contributed by atoms with Gasteiger partial charge < -0.3 is 29.3 Å². The van der Waals surface area contributed by atoms with Gasteiger partial charge in [-0.2, -0.15) is 0 Å². The van der Waals surface area contributed by atoms with E-state index in [1.165, 1.54) is 11.1 Å². The molecule has 2 aromatic rings. The van der Waals surface area contributed by atoms with E-state index >= 15 is 0 Å². The second kappa shape index (κ2) is 11.5. The first-order valence-corrected chi connectivity index (χ1v) is 15.1. The molecule has 0 aromatic heterocycles. The summed E-state index contributed by atoms with van der Waals surface area (Å²) in [6.07, 6.45) is 7.13. The van der Waals surface area contributed by atoms with Crippen LogP contribution in [0.25, 0.3) is 0 Å². The van der Waals surface area contributed by atoms with Crippen LogP contribution in [0, 0.1) is 11.8 Å². The quantitative estimate of drug-likeness (QED) is 0.456. The van der Waals surface area contributed by atoms with Gasteiger partial charge in [0.1, 0.15) is 5.75 Å². The van der Waals surface area contributed by atoms with Crippen molar-refractivity contribution in [2.45, 2.75) is 75.6 Å². The van der Waals surface area contributed by atoms with Gasteiger partial charge in [0, 0.05) is 36.6 Å². The normalized spacial score (nSPS) is 30.4. The fourth-order valence-electron chi connectivity index (χ4n) is 7.43. The third-order valence-electron chi connectivity index (χ3n) is 9.64. The summed E-state index contributed by atoms with van der Waals surface area (Å²) >= 11 is 6.39. The summed E-state index contributed by atoms with van der Waals surface area (Å²) in [6, 6.07) is 11.5. The fraction of sp³-hybridized carbons (Fsp3) is 0.594. The Bertz CT molecular complexity index is 1240. The molecule has 2 aromatic carbocycles. The summed E-state index contributed by atoms with van der Waals surface area (Å²) in [6.45, 7) is 4.77. The number of hydrogen-bond donors (Lipinski definition) is 2. The van der Waals surface area contributed by atoms with Gasteiger partial charge in [-0.1, -0.05) is 17.7 Å². The number of halogens is 1. The number of fused-ring (bicyclic) bond motifs is 3. The van der Waals surface area contributed by atoms with E-state index in [9.17, 15) is 15.0 Å². The summed E-state index contributed by atoms with van der Waals surface area (Å²) < 4.78 is 18.9. The Morgan fingerprint density at radius 2 is 2.10 bits per heavy atom. The Hall–Kier alpha value is -2.32. The first-order chi connectivity index (χ1) is 19.3. The number of aliphatic hydroxyl groups is 1. The van der Waals surface area contributed by atoms with Crippen LogP contribution in [0.5, 0.6) is 5.75 Å². The first-order valence-electron chi connectivity index (χ1n) is 14.8.